The lowest BCUT2D eigenvalue weighted by Gasteiger charge is -2.08. The molecule has 1 N–H and O–H groups in total. The van der Waals surface area contributed by atoms with Gasteiger partial charge in [-0.25, -0.2) is 0 Å². The van der Waals surface area contributed by atoms with Gasteiger partial charge in [0.05, 0.1) is 0 Å². The summed E-state index contributed by atoms with van der Waals surface area (Å²) in [5, 5.41) is 3.49. The summed E-state index contributed by atoms with van der Waals surface area (Å²) in [7, 11) is 0. The number of thioether (sulfide) groups is 2. The van der Waals surface area contributed by atoms with Crippen molar-refractivity contribution in [2.24, 2.45) is 5.92 Å². The Bertz CT molecular complexity index is 326. The first-order valence-corrected chi connectivity index (χ1v) is 9.01. The van der Waals surface area contributed by atoms with Crippen LogP contribution in [0.15, 0.2) is 29.2 Å². The summed E-state index contributed by atoms with van der Waals surface area (Å²) in [6.45, 7) is 6.55. The molecule has 0 atom stereocenters. The highest BCUT2D eigenvalue weighted by Gasteiger charge is 1.98. The Morgan fingerprint density at radius 3 is 2.78 bits per heavy atom. The molecular weight excluding hydrogens is 258 g/mol. The first-order valence-electron chi connectivity index (χ1n) is 6.63. The van der Waals surface area contributed by atoms with Crippen LogP contribution in [0.2, 0.25) is 0 Å². The molecule has 0 unspecified atom stereocenters. The fourth-order valence-electron chi connectivity index (χ4n) is 1.64. The van der Waals surface area contributed by atoms with Crippen molar-refractivity contribution in [3.05, 3.63) is 29.8 Å². The molecule has 18 heavy (non-hydrogen) atoms. The van der Waals surface area contributed by atoms with Crippen molar-refractivity contribution >= 4 is 23.5 Å². The van der Waals surface area contributed by atoms with E-state index in [2.05, 4.69) is 49.7 Å². The lowest BCUT2D eigenvalue weighted by molar-refractivity contribution is 0.552. The first-order chi connectivity index (χ1) is 8.72. The number of rotatable bonds is 9. The van der Waals surface area contributed by atoms with Gasteiger partial charge in [-0.3, -0.25) is 0 Å². The normalized spacial score (nSPS) is 11.1. The summed E-state index contributed by atoms with van der Waals surface area (Å²) >= 11 is 3.90. The van der Waals surface area contributed by atoms with Crippen LogP contribution in [0, 0.1) is 5.92 Å². The zero-order chi connectivity index (χ0) is 13.2. The van der Waals surface area contributed by atoms with Crippen LogP contribution in [0.3, 0.4) is 0 Å². The molecule has 0 saturated heterocycles. The van der Waals surface area contributed by atoms with Gasteiger partial charge in [-0.2, -0.15) is 11.8 Å². The molecule has 0 aliphatic rings. The summed E-state index contributed by atoms with van der Waals surface area (Å²) in [6, 6.07) is 8.91. The average Bonchev–Trinajstić information content (AvgIpc) is 2.35. The molecule has 0 saturated carbocycles. The Balaban J connectivity index is 2.32. The molecule has 1 aromatic rings. The minimum absolute atomic E-state index is 0.717. The van der Waals surface area contributed by atoms with Gasteiger partial charge in [0.2, 0.25) is 0 Å². The fraction of sp³-hybridized carbons (Fsp3) is 0.600. The van der Waals surface area contributed by atoms with Crippen LogP contribution in [0.25, 0.3) is 0 Å². The lowest BCUT2D eigenvalue weighted by atomic mass is 10.2. The maximum atomic E-state index is 3.49. The van der Waals surface area contributed by atoms with Gasteiger partial charge >= 0.3 is 0 Å². The van der Waals surface area contributed by atoms with E-state index in [-0.39, 0.29) is 0 Å². The highest BCUT2D eigenvalue weighted by atomic mass is 32.2. The zero-order valence-corrected chi connectivity index (χ0v) is 13.4. The molecule has 0 aliphatic heterocycles. The second-order valence-electron chi connectivity index (χ2n) is 4.87. The number of hydrogen-bond donors (Lipinski definition) is 1. The maximum absolute atomic E-state index is 3.49. The average molecular weight is 284 g/mol. The van der Waals surface area contributed by atoms with Crippen molar-refractivity contribution in [1.29, 1.82) is 0 Å². The molecule has 0 bridgehead atoms. The van der Waals surface area contributed by atoms with E-state index in [1.165, 1.54) is 28.4 Å². The Labute approximate surface area is 121 Å². The molecule has 3 heteroatoms. The Morgan fingerprint density at radius 1 is 1.22 bits per heavy atom. The third-order valence-corrected chi connectivity index (χ3v) is 4.32. The maximum Gasteiger partial charge on any atom is 0.0206 e. The van der Waals surface area contributed by atoms with E-state index in [1.807, 2.05) is 23.5 Å². The monoisotopic (exact) mass is 283 g/mol. The smallest absolute Gasteiger partial charge is 0.0206 e. The SMILES string of the molecule is CSCCCSc1cccc(CNCC(C)C)c1. The summed E-state index contributed by atoms with van der Waals surface area (Å²) in [6.07, 6.45) is 3.47. The third-order valence-electron chi connectivity index (χ3n) is 2.54. The van der Waals surface area contributed by atoms with Crippen molar-refractivity contribution in [1.82, 2.24) is 5.32 Å². The Kier molecular flexibility index (Phi) is 8.64. The molecule has 0 amide bonds. The molecule has 0 spiro atoms. The van der Waals surface area contributed by atoms with Gasteiger partial charge in [-0.1, -0.05) is 26.0 Å². The number of benzene rings is 1. The predicted molar refractivity (Wildman–Crippen MR) is 86.7 cm³/mol. The number of hydrogen-bond acceptors (Lipinski definition) is 3. The van der Waals surface area contributed by atoms with Crippen molar-refractivity contribution < 1.29 is 0 Å². The molecular formula is C15H25NS2. The molecule has 0 heterocycles. The van der Waals surface area contributed by atoms with Crippen LogP contribution in [0.1, 0.15) is 25.8 Å². The van der Waals surface area contributed by atoms with Crippen molar-refractivity contribution in [3.8, 4) is 0 Å². The highest BCUT2D eigenvalue weighted by Crippen LogP contribution is 2.20. The van der Waals surface area contributed by atoms with Gasteiger partial charge < -0.3 is 5.32 Å². The summed E-state index contributed by atoms with van der Waals surface area (Å²) in [5.74, 6) is 3.21. The van der Waals surface area contributed by atoms with Gasteiger partial charge in [0.25, 0.3) is 0 Å². The largest absolute Gasteiger partial charge is 0.312 e. The van der Waals surface area contributed by atoms with Crippen LogP contribution in [0.4, 0.5) is 0 Å². The Morgan fingerprint density at radius 2 is 2.06 bits per heavy atom. The minimum Gasteiger partial charge on any atom is -0.312 e. The van der Waals surface area contributed by atoms with Crippen LogP contribution in [-0.4, -0.2) is 24.3 Å². The molecule has 1 aromatic carbocycles. The van der Waals surface area contributed by atoms with E-state index in [1.54, 1.807) is 0 Å². The van der Waals surface area contributed by atoms with Crippen molar-refractivity contribution in [2.75, 3.05) is 24.3 Å². The summed E-state index contributed by atoms with van der Waals surface area (Å²) < 4.78 is 0. The predicted octanol–water partition coefficient (Wildman–Crippen LogP) is 4.28. The van der Waals surface area contributed by atoms with Gasteiger partial charge in [0.15, 0.2) is 0 Å². The van der Waals surface area contributed by atoms with Gasteiger partial charge in [0.1, 0.15) is 0 Å². The van der Waals surface area contributed by atoms with E-state index >= 15 is 0 Å². The van der Waals surface area contributed by atoms with E-state index < -0.39 is 0 Å². The standard InChI is InChI=1S/C15H25NS2/c1-13(2)11-16-12-14-6-4-7-15(10-14)18-9-5-8-17-3/h4,6-7,10,13,16H,5,8-9,11-12H2,1-3H3. The molecule has 102 valence electrons. The van der Waals surface area contributed by atoms with E-state index in [0.717, 1.165) is 13.1 Å². The quantitative estimate of drug-likeness (QED) is 0.537. The zero-order valence-electron chi connectivity index (χ0n) is 11.7. The van der Waals surface area contributed by atoms with Crippen LogP contribution >= 0.6 is 23.5 Å². The Hall–Kier alpha value is -0.120. The molecule has 0 fully saturated rings. The molecule has 0 radical (unpaired) electrons. The second kappa shape index (κ2) is 9.76. The van der Waals surface area contributed by atoms with E-state index in [4.69, 9.17) is 0 Å². The lowest BCUT2D eigenvalue weighted by Crippen LogP contribution is -2.18. The minimum atomic E-state index is 0.717. The molecule has 1 rings (SSSR count). The third kappa shape index (κ3) is 7.34. The second-order valence-corrected chi connectivity index (χ2v) is 7.02. The van der Waals surface area contributed by atoms with Gasteiger partial charge in [-0.15, -0.1) is 11.8 Å². The van der Waals surface area contributed by atoms with Crippen LogP contribution < -0.4 is 5.32 Å². The van der Waals surface area contributed by atoms with Gasteiger partial charge in [0, 0.05) is 11.4 Å². The summed E-state index contributed by atoms with van der Waals surface area (Å²) in [4.78, 5) is 1.40. The number of nitrogens with one attached hydrogen (secondary N) is 1. The first kappa shape index (κ1) is 15.9. The summed E-state index contributed by atoms with van der Waals surface area (Å²) in [5.41, 5.74) is 1.39. The fourth-order valence-corrected chi connectivity index (χ4v) is 3.19. The molecule has 0 aliphatic carbocycles. The van der Waals surface area contributed by atoms with Crippen LogP contribution in [-0.2, 0) is 6.54 Å². The van der Waals surface area contributed by atoms with E-state index in [0.29, 0.717) is 5.92 Å². The van der Waals surface area contributed by atoms with E-state index in [9.17, 15) is 0 Å². The van der Waals surface area contributed by atoms with Crippen molar-refractivity contribution in [3.63, 3.8) is 0 Å². The highest BCUT2D eigenvalue weighted by molar-refractivity contribution is 7.99. The van der Waals surface area contributed by atoms with Gasteiger partial charge in [-0.05, 0) is 54.3 Å². The topological polar surface area (TPSA) is 12.0 Å². The van der Waals surface area contributed by atoms with Crippen LogP contribution in [0.5, 0.6) is 0 Å². The molecule has 0 aromatic heterocycles. The molecule has 1 nitrogen and oxygen atoms in total. The van der Waals surface area contributed by atoms with Crippen molar-refractivity contribution in [2.45, 2.75) is 31.7 Å².